The highest BCUT2D eigenvalue weighted by Gasteiger charge is 2.14. The zero-order valence-corrected chi connectivity index (χ0v) is 16.8. The summed E-state index contributed by atoms with van der Waals surface area (Å²) >= 11 is 0. The maximum atomic E-state index is 5.35. The first-order valence-corrected chi connectivity index (χ1v) is 9.76. The van der Waals surface area contributed by atoms with E-state index in [0.717, 1.165) is 39.3 Å². The summed E-state index contributed by atoms with van der Waals surface area (Å²) in [6.07, 6.45) is 2.01. The summed E-state index contributed by atoms with van der Waals surface area (Å²) in [4.78, 5) is 0. The Morgan fingerprint density at radius 2 is 1.50 bits per heavy atom. The highest BCUT2D eigenvalue weighted by atomic mass is 16.5. The molecule has 0 N–H and O–H groups in total. The molecule has 2 heterocycles. The molecule has 0 aliphatic rings. The van der Waals surface area contributed by atoms with Gasteiger partial charge in [0.1, 0.15) is 17.0 Å². The minimum atomic E-state index is 0.789. The summed E-state index contributed by atoms with van der Waals surface area (Å²) in [6, 6.07) is 26.6. The standard InChI is InChI=1S/C25H20N4O/c1-17-24-23(16-29(28-24)21-9-6-10-22(15-21)30-2)25(27-26-17)20-13-11-19(12-14-20)18-7-4-3-5-8-18/h3-16H,1-2H3. The maximum absolute atomic E-state index is 5.35. The first kappa shape index (κ1) is 18.1. The van der Waals surface area contributed by atoms with Crippen LogP contribution in [-0.2, 0) is 0 Å². The van der Waals surface area contributed by atoms with Crippen molar-refractivity contribution in [3.8, 4) is 33.8 Å². The van der Waals surface area contributed by atoms with E-state index in [-0.39, 0.29) is 0 Å². The molecule has 0 fully saturated rings. The number of ether oxygens (including phenoxy) is 1. The van der Waals surface area contributed by atoms with Crippen molar-refractivity contribution < 1.29 is 4.74 Å². The highest BCUT2D eigenvalue weighted by molar-refractivity contribution is 5.93. The molecule has 0 saturated heterocycles. The van der Waals surface area contributed by atoms with Gasteiger partial charge in [-0.1, -0.05) is 60.7 Å². The van der Waals surface area contributed by atoms with Gasteiger partial charge in [0.25, 0.3) is 0 Å². The van der Waals surface area contributed by atoms with Gasteiger partial charge in [-0.2, -0.15) is 10.2 Å². The minimum Gasteiger partial charge on any atom is -0.497 e. The molecule has 5 nitrogen and oxygen atoms in total. The average Bonchev–Trinajstić information content (AvgIpc) is 3.27. The van der Waals surface area contributed by atoms with Crippen molar-refractivity contribution in [3.05, 3.63) is 90.8 Å². The molecule has 0 aliphatic carbocycles. The third kappa shape index (κ3) is 3.20. The van der Waals surface area contributed by atoms with Crippen molar-refractivity contribution in [2.75, 3.05) is 7.11 Å². The van der Waals surface area contributed by atoms with E-state index in [4.69, 9.17) is 9.84 Å². The van der Waals surface area contributed by atoms with Crippen LogP contribution >= 0.6 is 0 Å². The molecule has 5 rings (SSSR count). The lowest BCUT2D eigenvalue weighted by molar-refractivity contribution is 0.414. The molecular weight excluding hydrogens is 372 g/mol. The first-order valence-electron chi connectivity index (χ1n) is 9.76. The van der Waals surface area contributed by atoms with Crippen LogP contribution < -0.4 is 4.74 Å². The van der Waals surface area contributed by atoms with Gasteiger partial charge >= 0.3 is 0 Å². The lowest BCUT2D eigenvalue weighted by atomic mass is 10.0. The number of methoxy groups -OCH3 is 1. The summed E-state index contributed by atoms with van der Waals surface area (Å²) in [7, 11) is 1.66. The van der Waals surface area contributed by atoms with Gasteiger partial charge in [-0.05, 0) is 30.2 Å². The molecule has 5 heteroatoms. The van der Waals surface area contributed by atoms with Crippen LogP contribution in [0.1, 0.15) is 5.69 Å². The second kappa shape index (κ2) is 7.44. The Hall–Kier alpha value is -3.99. The maximum Gasteiger partial charge on any atom is 0.121 e. The molecule has 0 spiro atoms. The smallest absolute Gasteiger partial charge is 0.121 e. The van der Waals surface area contributed by atoms with Crippen LogP contribution in [0.25, 0.3) is 39.0 Å². The second-order valence-corrected chi connectivity index (χ2v) is 7.11. The predicted molar refractivity (Wildman–Crippen MR) is 119 cm³/mol. The Kier molecular flexibility index (Phi) is 4.48. The molecule has 3 aromatic carbocycles. The summed E-state index contributed by atoms with van der Waals surface area (Å²) < 4.78 is 7.20. The van der Waals surface area contributed by atoms with Gasteiger partial charge < -0.3 is 4.74 Å². The van der Waals surface area contributed by atoms with Crippen LogP contribution in [0.3, 0.4) is 0 Å². The molecule has 146 valence electrons. The third-order valence-electron chi connectivity index (χ3n) is 5.20. The summed E-state index contributed by atoms with van der Waals surface area (Å²) in [6.45, 7) is 1.93. The number of nitrogens with zero attached hydrogens (tertiary/aromatic N) is 4. The van der Waals surface area contributed by atoms with Crippen molar-refractivity contribution in [1.82, 2.24) is 20.0 Å². The van der Waals surface area contributed by atoms with Gasteiger partial charge in [-0.25, -0.2) is 4.68 Å². The SMILES string of the molecule is COc1cccc(-n2cc3c(-c4ccc(-c5ccccc5)cc4)nnc(C)c3n2)c1. The Balaban J connectivity index is 1.60. The Bertz CT molecular complexity index is 1320. The molecule has 30 heavy (non-hydrogen) atoms. The lowest BCUT2D eigenvalue weighted by Crippen LogP contribution is -1.95. The Morgan fingerprint density at radius 3 is 2.27 bits per heavy atom. The molecule has 0 atom stereocenters. The predicted octanol–water partition coefficient (Wildman–Crippen LogP) is 5.47. The van der Waals surface area contributed by atoms with Crippen LogP contribution in [0, 0.1) is 6.92 Å². The summed E-state index contributed by atoms with van der Waals surface area (Å²) in [5.41, 5.74) is 6.76. The van der Waals surface area contributed by atoms with Crippen molar-refractivity contribution >= 4 is 10.9 Å². The monoisotopic (exact) mass is 392 g/mol. The van der Waals surface area contributed by atoms with Crippen LogP contribution in [-0.4, -0.2) is 27.1 Å². The van der Waals surface area contributed by atoms with Gasteiger partial charge in [-0.3, -0.25) is 0 Å². The van der Waals surface area contributed by atoms with E-state index in [1.54, 1.807) is 7.11 Å². The fraction of sp³-hybridized carbons (Fsp3) is 0.0800. The molecule has 0 unspecified atom stereocenters. The van der Waals surface area contributed by atoms with Crippen molar-refractivity contribution in [2.24, 2.45) is 0 Å². The highest BCUT2D eigenvalue weighted by Crippen LogP contribution is 2.30. The first-order chi connectivity index (χ1) is 14.7. The number of hydrogen-bond donors (Lipinski definition) is 0. The van der Waals surface area contributed by atoms with Crippen molar-refractivity contribution in [1.29, 1.82) is 0 Å². The topological polar surface area (TPSA) is 52.8 Å². The van der Waals surface area contributed by atoms with Crippen LogP contribution in [0.4, 0.5) is 0 Å². The van der Waals surface area contributed by atoms with Crippen molar-refractivity contribution in [2.45, 2.75) is 6.92 Å². The molecule has 0 saturated carbocycles. The number of fused-ring (bicyclic) bond motifs is 1. The van der Waals surface area contributed by atoms with Crippen LogP contribution in [0.2, 0.25) is 0 Å². The molecule has 0 amide bonds. The van der Waals surface area contributed by atoms with E-state index >= 15 is 0 Å². The van der Waals surface area contributed by atoms with E-state index in [1.807, 2.05) is 60.3 Å². The fourth-order valence-corrected chi connectivity index (χ4v) is 3.59. The molecule has 2 aromatic heterocycles. The number of aryl methyl sites for hydroxylation is 1. The van der Waals surface area contributed by atoms with E-state index in [1.165, 1.54) is 11.1 Å². The summed E-state index contributed by atoms with van der Waals surface area (Å²) in [5, 5.41) is 14.6. The van der Waals surface area contributed by atoms with Gasteiger partial charge in [-0.15, -0.1) is 5.10 Å². The van der Waals surface area contributed by atoms with Gasteiger partial charge in [0, 0.05) is 17.8 Å². The zero-order chi connectivity index (χ0) is 20.5. The van der Waals surface area contributed by atoms with Gasteiger partial charge in [0.05, 0.1) is 23.9 Å². The van der Waals surface area contributed by atoms with Crippen LogP contribution in [0.15, 0.2) is 85.1 Å². The third-order valence-corrected chi connectivity index (χ3v) is 5.20. The number of benzene rings is 3. The van der Waals surface area contributed by atoms with E-state index in [9.17, 15) is 0 Å². The average molecular weight is 392 g/mol. The van der Waals surface area contributed by atoms with E-state index in [2.05, 4.69) is 46.6 Å². The second-order valence-electron chi connectivity index (χ2n) is 7.11. The summed E-state index contributed by atoms with van der Waals surface area (Å²) in [5.74, 6) is 0.789. The molecule has 0 bridgehead atoms. The molecule has 0 aliphatic heterocycles. The molecule has 0 radical (unpaired) electrons. The Labute approximate surface area is 174 Å². The fourth-order valence-electron chi connectivity index (χ4n) is 3.59. The number of aromatic nitrogens is 4. The van der Waals surface area contributed by atoms with E-state index < -0.39 is 0 Å². The van der Waals surface area contributed by atoms with Gasteiger partial charge in [0.2, 0.25) is 0 Å². The Morgan fingerprint density at radius 1 is 0.767 bits per heavy atom. The quantitative estimate of drug-likeness (QED) is 0.407. The van der Waals surface area contributed by atoms with Gasteiger partial charge in [0.15, 0.2) is 0 Å². The normalized spacial score (nSPS) is 11.0. The van der Waals surface area contributed by atoms with Crippen LogP contribution in [0.5, 0.6) is 5.75 Å². The lowest BCUT2D eigenvalue weighted by Gasteiger charge is -2.05. The largest absolute Gasteiger partial charge is 0.497 e. The minimum absolute atomic E-state index is 0.789. The number of hydrogen-bond acceptors (Lipinski definition) is 4. The van der Waals surface area contributed by atoms with Crippen molar-refractivity contribution in [3.63, 3.8) is 0 Å². The molecular formula is C25H20N4O. The number of rotatable bonds is 4. The molecule has 5 aromatic rings. The van der Waals surface area contributed by atoms with E-state index in [0.29, 0.717) is 0 Å². The zero-order valence-electron chi connectivity index (χ0n) is 16.8.